The Kier molecular flexibility index (Phi) is 5.58. The Morgan fingerprint density at radius 3 is 1.62 bits per heavy atom. The average Bonchev–Trinajstić information content (AvgIpc) is 2.68. The number of hydrogen-bond donors (Lipinski definition) is 0. The number of rotatable bonds is 6. The summed E-state index contributed by atoms with van der Waals surface area (Å²) in [7, 11) is 0. The van der Waals surface area contributed by atoms with Gasteiger partial charge >= 0.3 is 0 Å². The molecule has 0 fully saturated rings. The molecule has 134 valence electrons. The molecular formula is C25H28S. The van der Waals surface area contributed by atoms with Crippen LogP contribution in [-0.4, -0.2) is 5.75 Å². The van der Waals surface area contributed by atoms with E-state index in [1.807, 2.05) is 11.8 Å². The minimum Gasteiger partial charge on any atom is -0.125 e. The second-order valence-electron chi connectivity index (χ2n) is 7.80. The van der Waals surface area contributed by atoms with Crippen molar-refractivity contribution >= 4 is 11.8 Å². The predicted molar refractivity (Wildman–Crippen MR) is 115 cm³/mol. The number of benzene rings is 3. The van der Waals surface area contributed by atoms with Crippen molar-refractivity contribution in [2.45, 2.75) is 38.0 Å². The van der Waals surface area contributed by atoms with E-state index in [-0.39, 0.29) is 10.8 Å². The monoisotopic (exact) mass is 360 g/mol. The van der Waals surface area contributed by atoms with E-state index in [0.717, 1.165) is 5.75 Å². The summed E-state index contributed by atoms with van der Waals surface area (Å²) in [5.74, 6) is 1.05. The predicted octanol–water partition coefficient (Wildman–Crippen LogP) is 7.12. The fourth-order valence-corrected chi connectivity index (χ4v) is 4.89. The molecule has 0 heterocycles. The maximum atomic E-state index is 2.40. The first-order chi connectivity index (χ1) is 12.4. The second-order valence-corrected chi connectivity index (χ2v) is 8.81. The molecule has 0 N–H and O–H groups in total. The Bertz CT molecular complexity index is 795. The first-order valence-electron chi connectivity index (χ1n) is 9.25. The first-order valence-corrected chi connectivity index (χ1v) is 10.2. The highest BCUT2D eigenvalue weighted by Crippen LogP contribution is 2.49. The van der Waals surface area contributed by atoms with Crippen LogP contribution in [0.15, 0.2) is 89.8 Å². The van der Waals surface area contributed by atoms with E-state index in [1.54, 1.807) is 0 Å². The summed E-state index contributed by atoms with van der Waals surface area (Å²) in [6, 6.07) is 30.6. The van der Waals surface area contributed by atoms with Crippen molar-refractivity contribution in [3.63, 3.8) is 0 Å². The van der Waals surface area contributed by atoms with Gasteiger partial charge in [-0.25, -0.2) is 0 Å². The van der Waals surface area contributed by atoms with Crippen molar-refractivity contribution in [3.05, 3.63) is 102 Å². The molecule has 26 heavy (non-hydrogen) atoms. The third-order valence-corrected chi connectivity index (χ3v) is 7.37. The Labute approximate surface area is 162 Å². The van der Waals surface area contributed by atoms with Crippen LogP contribution in [0.5, 0.6) is 0 Å². The molecule has 0 saturated carbocycles. The van der Waals surface area contributed by atoms with Crippen LogP contribution in [0.1, 0.15) is 37.5 Å². The molecule has 1 heteroatoms. The van der Waals surface area contributed by atoms with Crippen molar-refractivity contribution < 1.29 is 0 Å². The molecule has 0 aliphatic rings. The minimum atomic E-state index is -0.0643. The Balaban J connectivity index is 1.99. The van der Waals surface area contributed by atoms with Crippen LogP contribution in [0.2, 0.25) is 0 Å². The zero-order chi connectivity index (χ0) is 18.6. The Morgan fingerprint density at radius 1 is 0.654 bits per heavy atom. The van der Waals surface area contributed by atoms with E-state index in [9.17, 15) is 0 Å². The summed E-state index contributed by atoms with van der Waals surface area (Å²) in [5, 5.41) is 0. The van der Waals surface area contributed by atoms with Crippen LogP contribution in [0.4, 0.5) is 0 Å². The molecule has 0 aliphatic carbocycles. The number of thioether (sulfide) groups is 1. The third-order valence-electron chi connectivity index (χ3n) is 5.74. The third kappa shape index (κ3) is 3.59. The Hall–Kier alpha value is -1.99. The van der Waals surface area contributed by atoms with E-state index < -0.39 is 0 Å². The highest BCUT2D eigenvalue weighted by molar-refractivity contribution is 7.99. The molecule has 0 radical (unpaired) electrons. The maximum absolute atomic E-state index is 2.40. The van der Waals surface area contributed by atoms with Crippen LogP contribution in [0.3, 0.4) is 0 Å². The van der Waals surface area contributed by atoms with Crippen LogP contribution in [0, 0.1) is 12.3 Å². The molecule has 0 atom stereocenters. The summed E-state index contributed by atoms with van der Waals surface area (Å²) in [4.78, 5) is 1.38. The topological polar surface area (TPSA) is 0 Å². The van der Waals surface area contributed by atoms with Crippen molar-refractivity contribution in [1.29, 1.82) is 0 Å². The van der Waals surface area contributed by atoms with Gasteiger partial charge in [0.15, 0.2) is 0 Å². The molecule has 0 spiro atoms. The lowest BCUT2D eigenvalue weighted by Crippen LogP contribution is -2.42. The van der Waals surface area contributed by atoms with Crippen LogP contribution >= 0.6 is 11.8 Å². The summed E-state index contributed by atoms with van der Waals surface area (Å²) < 4.78 is 0. The van der Waals surface area contributed by atoms with E-state index in [0.29, 0.717) is 0 Å². The summed E-state index contributed by atoms with van der Waals surface area (Å²) in [5.41, 5.74) is 4.12. The molecule has 3 rings (SSSR count). The molecule has 3 aromatic rings. The van der Waals surface area contributed by atoms with Gasteiger partial charge < -0.3 is 0 Å². The fraction of sp³-hybridized carbons (Fsp3) is 0.280. The molecular weight excluding hydrogens is 332 g/mol. The molecule has 0 aliphatic heterocycles. The highest BCUT2D eigenvalue weighted by atomic mass is 32.2. The van der Waals surface area contributed by atoms with Gasteiger partial charge in [-0.05, 0) is 35.1 Å². The van der Waals surface area contributed by atoms with Crippen molar-refractivity contribution in [2.24, 2.45) is 5.41 Å². The van der Waals surface area contributed by atoms with Gasteiger partial charge in [-0.15, -0.1) is 11.8 Å². The Morgan fingerprint density at radius 2 is 1.12 bits per heavy atom. The lowest BCUT2D eigenvalue weighted by Gasteiger charge is -2.45. The lowest BCUT2D eigenvalue weighted by atomic mass is 9.60. The molecule has 3 aromatic carbocycles. The summed E-state index contributed by atoms with van der Waals surface area (Å²) >= 11 is 1.97. The van der Waals surface area contributed by atoms with Gasteiger partial charge in [0, 0.05) is 16.1 Å². The SMILES string of the molecule is Cc1ccccc1SCC(C)(C)C(C)(c1ccccc1)c1ccccc1. The minimum absolute atomic E-state index is 0.0643. The van der Waals surface area contributed by atoms with E-state index in [2.05, 4.69) is 113 Å². The normalized spacial score (nSPS) is 12.2. The van der Waals surface area contributed by atoms with Gasteiger partial charge in [0.2, 0.25) is 0 Å². The van der Waals surface area contributed by atoms with Crippen LogP contribution in [0.25, 0.3) is 0 Å². The standard InChI is InChI=1S/C25H28S/c1-20-13-11-12-18-23(20)26-19-24(2,3)25(4,21-14-7-5-8-15-21)22-16-9-6-10-17-22/h5-18H,19H2,1-4H3. The van der Waals surface area contributed by atoms with Gasteiger partial charge in [0.1, 0.15) is 0 Å². The maximum Gasteiger partial charge on any atom is 0.0233 e. The zero-order valence-corrected chi connectivity index (χ0v) is 17.0. The highest BCUT2D eigenvalue weighted by Gasteiger charge is 2.43. The molecule has 0 bridgehead atoms. The fourth-order valence-electron chi connectivity index (χ4n) is 3.61. The number of aryl methyl sites for hydroxylation is 1. The van der Waals surface area contributed by atoms with Crippen LogP contribution < -0.4 is 0 Å². The molecule has 0 nitrogen and oxygen atoms in total. The van der Waals surface area contributed by atoms with Gasteiger partial charge in [0.05, 0.1) is 0 Å². The first kappa shape index (κ1) is 18.8. The van der Waals surface area contributed by atoms with Crippen molar-refractivity contribution in [3.8, 4) is 0 Å². The molecule has 0 unspecified atom stereocenters. The average molecular weight is 361 g/mol. The van der Waals surface area contributed by atoms with Crippen molar-refractivity contribution in [2.75, 3.05) is 5.75 Å². The molecule has 0 saturated heterocycles. The number of hydrogen-bond acceptors (Lipinski definition) is 1. The van der Waals surface area contributed by atoms with E-state index >= 15 is 0 Å². The van der Waals surface area contributed by atoms with Gasteiger partial charge in [-0.1, -0.05) is 99.6 Å². The lowest BCUT2D eigenvalue weighted by molar-refractivity contribution is 0.256. The van der Waals surface area contributed by atoms with E-state index in [4.69, 9.17) is 0 Å². The van der Waals surface area contributed by atoms with E-state index in [1.165, 1.54) is 21.6 Å². The van der Waals surface area contributed by atoms with Crippen LogP contribution in [-0.2, 0) is 5.41 Å². The largest absolute Gasteiger partial charge is 0.125 e. The molecule has 0 amide bonds. The zero-order valence-electron chi connectivity index (χ0n) is 16.2. The second kappa shape index (κ2) is 7.72. The van der Waals surface area contributed by atoms with Gasteiger partial charge in [-0.3, -0.25) is 0 Å². The molecule has 0 aromatic heterocycles. The van der Waals surface area contributed by atoms with Gasteiger partial charge in [-0.2, -0.15) is 0 Å². The van der Waals surface area contributed by atoms with Crippen molar-refractivity contribution in [1.82, 2.24) is 0 Å². The summed E-state index contributed by atoms with van der Waals surface area (Å²) in [6.07, 6.45) is 0. The smallest absolute Gasteiger partial charge is 0.0233 e. The summed E-state index contributed by atoms with van der Waals surface area (Å²) in [6.45, 7) is 9.40. The van der Waals surface area contributed by atoms with Gasteiger partial charge in [0.25, 0.3) is 0 Å². The quantitative estimate of drug-likeness (QED) is 0.422.